The second kappa shape index (κ2) is 5.25. The number of hydrogen-bond acceptors (Lipinski definition) is 5. The van der Waals surface area contributed by atoms with Crippen LogP contribution in [0.25, 0.3) is 21.4 Å². The fourth-order valence-corrected chi connectivity index (χ4v) is 4.04. The van der Waals surface area contributed by atoms with Gasteiger partial charge in [0.15, 0.2) is 5.13 Å². The van der Waals surface area contributed by atoms with Crippen molar-refractivity contribution in [3.63, 3.8) is 0 Å². The molecule has 0 aliphatic carbocycles. The van der Waals surface area contributed by atoms with E-state index in [4.69, 9.17) is 16.0 Å². The van der Waals surface area contributed by atoms with Crippen molar-refractivity contribution in [2.45, 2.75) is 26.2 Å². The van der Waals surface area contributed by atoms with E-state index in [1.165, 1.54) is 30.6 Å². The van der Waals surface area contributed by atoms with E-state index in [0.29, 0.717) is 26.4 Å². The van der Waals surface area contributed by atoms with Crippen molar-refractivity contribution in [3.05, 3.63) is 32.9 Å². The van der Waals surface area contributed by atoms with Crippen LogP contribution in [-0.2, 0) is 0 Å². The van der Waals surface area contributed by atoms with E-state index in [2.05, 4.69) is 9.88 Å². The van der Waals surface area contributed by atoms with Crippen molar-refractivity contribution >= 4 is 49.5 Å². The minimum Gasteiger partial charge on any atom is -0.437 e. The highest BCUT2D eigenvalue weighted by atomic mass is 35.5. The summed E-state index contributed by atoms with van der Waals surface area (Å²) < 4.78 is 6.43. The van der Waals surface area contributed by atoms with E-state index in [1.54, 1.807) is 12.1 Å². The van der Waals surface area contributed by atoms with Crippen molar-refractivity contribution in [1.82, 2.24) is 4.98 Å². The van der Waals surface area contributed by atoms with E-state index in [0.717, 1.165) is 23.8 Å². The number of anilines is 1. The van der Waals surface area contributed by atoms with Crippen molar-refractivity contribution < 1.29 is 4.42 Å². The molecule has 0 unspecified atom stereocenters. The molecule has 0 N–H and O–H groups in total. The van der Waals surface area contributed by atoms with Gasteiger partial charge in [-0.2, -0.15) is 4.98 Å². The highest BCUT2D eigenvalue weighted by Crippen LogP contribution is 2.31. The van der Waals surface area contributed by atoms with Crippen LogP contribution in [0.15, 0.2) is 21.3 Å². The lowest BCUT2D eigenvalue weighted by molar-refractivity contribution is 0.575. The van der Waals surface area contributed by atoms with E-state index < -0.39 is 0 Å². The first-order chi connectivity index (χ1) is 10.6. The minimum atomic E-state index is -0.0427. The monoisotopic (exact) mass is 334 g/mol. The lowest BCUT2D eigenvalue weighted by Gasteiger charge is -2.25. The maximum absolute atomic E-state index is 12.7. The maximum Gasteiger partial charge on any atom is 0.243 e. The molecule has 1 fully saturated rings. The van der Waals surface area contributed by atoms with Gasteiger partial charge in [0.2, 0.25) is 11.1 Å². The van der Waals surface area contributed by atoms with Crippen molar-refractivity contribution in [3.8, 4) is 0 Å². The lowest BCUT2D eigenvalue weighted by atomic mass is 10.1. The zero-order valence-electron chi connectivity index (χ0n) is 12.2. The first-order valence-electron chi connectivity index (χ1n) is 7.42. The number of rotatable bonds is 1. The van der Waals surface area contributed by atoms with E-state index in [-0.39, 0.29) is 5.43 Å². The van der Waals surface area contributed by atoms with Crippen LogP contribution in [0, 0.1) is 6.92 Å². The molecule has 2 aromatic heterocycles. The number of hydrogen-bond donors (Lipinski definition) is 0. The maximum atomic E-state index is 12.7. The molecule has 0 radical (unpaired) electrons. The van der Waals surface area contributed by atoms with Crippen LogP contribution in [-0.4, -0.2) is 18.1 Å². The van der Waals surface area contributed by atoms with Gasteiger partial charge < -0.3 is 9.32 Å². The molecule has 0 spiro atoms. The van der Waals surface area contributed by atoms with E-state index in [9.17, 15) is 4.79 Å². The summed E-state index contributed by atoms with van der Waals surface area (Å²) in [5, 5.41) is 1.99. The summed E-state index contributed by atoms with van der Waals surface area (Å²) in [5.74, 6) is 0. The average Bonchev–Trinajstić information content (AvgIpc) is 2.95. The predicted octanol–water partition coefficient (Wildman–Crippen LogP) is 4.35. The number of piperidine rings is 1. The van der Waals surface area contributed by atoms with Crippen LogP contribution < -0.4 is 10.3 Å². The van der Waals surface area contributed by atoms with Gasteiger partial charge in [-0.1, -0.05) is 22.9 Å². The molecule has 1 aromatic carbocycles. The van der Waals surface area contributed by atoms with Crippen LogP contribution in [0.3, 0.4) is 0 Å². The fourth-order valence-electron chi connectivity index (χ4n) is 2.87. The molecule has 6 heteroatoms. The zero-order valence-corrected chi connectivity index (χ0v) is 13.8. The molecule has 4 rings (SSSR count). The summed E-state index contributed by atoms with van der Waals surface area (Å²) in [7, 11) is 0. The first-order valence-corrected chi connectivity index (χ1v) is 8.61. The Morgan fingerprint density at radius 1 is 1.27 bits per heavy atom. The Morgan fingerprint density at radius 3 is 2.82 bits per heavy atom. The smallest absolute Gasteiger partial charge is 0.243 e. The van der Waals surface area contributed by atoms with Crippen molar-refractivity contribution in [1.29, 1.82) is 0 Å². The number of halogens is 1. The summed E-state index contributed by atoms with van der Waals surface area (Å²) >= 11 is 7.56. The SMILES string of the molecule is Cc1cc2oc3nc(N4CCCCC4)sc3c(=O)c2cc1Cl. The summed E-state index contributed by atoms with van der Waals surface area (Å²) in [6.07, 6.45) is 3.61. The van der Waals surface area contributed by atoms with E-state index >= 15 is 0 Å². The predicted molar refractivity (Wildman–Crippen MR) is 91.5 cm³/mol. The first kappa shape index (κ1) is 14.0. The Morgan fingerprint density at radius 2 is 2.05 bits per heavy atom. The van der Waals surface area contributed by atoms with Crippen LogP contribution in [0.1, 0.15) is 24.8 Å². The number of aryl methyl sites for hydroxylation is 1. The van der Waals surface area contributed by atoms with Gasteiger partial charge in [0.05, 0.1) is 5.39 Å². The molecule has 0 saturated carbocycles. The molecule has 1 saturated heterocycles. The van der Waals surface area contributed by atoms with Gasteiger partial charge in [-0.25, -0.2) is 0 Å². The van der Waals surface area contributed by atoms with Gasteiger partial charge in [0, 0.05) is 18.1 Å². The molecule has 1 aliphatic rings. The summed E-state index contributed by atoms with van der Waals surface area (Å²) in [6, 6.07) is 3.50. The summed E-state index contributed by atoms with van der Waals surface area (Å²) in [6.45, 7) is 3.89. The summed E-state index contributed by atoms with van der Waals surface area (Å²) in [5.41, 5.74) is 1.83. The standard InChI is InChI=1S/C16H15ClN2O2S/c1-9-7-12-10(8-11(9)17)13(20)14-15(21-12)18-16(22-14)19-5-3-2-4-6-19/h7-8H,2-6H2,1H3. The fraction of sp³-hybridized carbons (Fsp3) is 0.375. The van der Waals surface area contributed by atoms with Crippen molar-refractivity contribution in [2.75, 3.05) is 18.0 Å². The normalized spacial score (nSPS) is 15.8. The molecular weight excluding hydrogens is 320 g/mol. The molecule has 114 valence electrons. The number of aromatic nitrogens is 1. The molecule has 0 bridgehead atoms. The molecule has 0 amide bonds. The molecule has 4 nitrogen and oxygen atoms in total. The average molecular weight is 335 g/mol. The van der Waals surface area contributed by atoms with Crippen LogP contribution >= 0.6 is 22.9 Å². The van der Waals surface area contributed by atoms with Gasteiger partial charge in [-0.3, -0.25) is 4.79 Å². The zero-order chi connectivity index (χ0) is 15.3. The van der Waals surface area contributed by atoms with Crippen LogP contribution in [0.5, 0.6) is 0 Å². The van der Waals surface area contributed by atoms with Gasteiger partial charge in [0.25, 0.3) is 0 Å². The lowest BCUT2D eigenvalue weighted by Crippen LogP contribution is -2.29. The Balaban J connectivity index is 1.93. The molecule has 3 heterocycles. The van der Waals surface area contributed by atoms with Gasteiger partial charge in [0.1, 0.15) is 10.3 Å². The second-order valence-electron chi connectivity index (χ2n) is 5.71. The van der Waals surface area contributed by atoms with Gasteiger partial charge in [-0.15, -0.1) is 0 Å². The third-order valence-corrected chi connectivity index (χ3v) is 5.63. The molecular formula is C16H15ClN2O2S. The van der Waals surface area contributed by atoms with Gasteiger partial charge >= 0.3 is 0 Å². The summed E-state index contributed by atoms with van der Waals surface area (Å²) in [4.78, 5) is 19.5. The molecule has 1 aliphatic heterocycles. The van der Waals surface area contributed by atoms with Gasteiger partial charge in [-0.05, 0) is 43.9 Å². The number of thiazole rings is 1. The molecule has 0 atom stereocenters. The second-order valence-corrected chi connectivity index (χ2v) is 7.09. The Hall–Kier alpha value is -1.59. The number of fused-ring (bicyclic) bond motifs is 2. The van der Waals surface area contributed by atoms with Crippen LogP contribution in [0.4, 0.5) is 5.13 Å². The third kappa shape index (κ3) is 2.20. The molecule has 3 aromatic rings. The van der Waals surface area contributed by atoms with Crippen molar-refractivity contribution in [2.24, 2.45) is 0 Å². The quantitative estimate of drug-likeness (QED) is 0.663. The Bertz CT molecular complexity index is 925. The molecule has 22 heavy (non-hydrogen) atoms. The number of benzene rings is 1. The minimum absolute atomic E-state index is 0.0427. The third-order valence-electron chi connectivity index (χ3n) is 4.13. The largest absolute Gasteiger partial charge is 0.437 e. The highest BCUT2D eigenvalue weighted by Gasteiger charge is 2.19. The Kier molecular flexibility index (Phi) is 3.35. The van der Waals surface area contributed by atoms with E-state index in [1.807, 2.05) is 6.92 Å². The van der Waals surface area contributed by atoms with Crippen LogP contribution in [0.2, 0.25) is 5.02 Å². The number of nitrogens with zero attached hydrogens (tertiary/aromatic N) is 2. The Labute approximate surface area is 136 Å². The highest BCUT2D eigenvalue weighted by molar-refractivity contribution is 7.22. The topological polar surface area (TPSA) is 46.3 Å².